The van der Waals surface area contributed by atoms with Crippen molar-refractivity contribution in [2.45, 2.75) is 12.8 Å². The number of benzene rings is 2. The number of aliphatic imine (C=N–C) groups is 2. The lowest BCUT2D eigenvalue weighted by Crippen LogP contribution is -2.33. The SMILES string of the molecule is C1=Nc2cccnc2N/C=C([n+]2ccc(Cc3ccccc3)cc2)\C=N\c2ncccc2N/C=C\1[n+]1ccc(Cc2ccccc2)cc1.F[B-](F)(F)F.F[B-](F)(F)F. The Balaban J connectivity index is 0.000000574. The van der Waals surface area contributed by atoms with Crippen LogP contribution in [0.25, 0.3) is 11.4 Å². The fraction of sp³-hybridized carbons (Fsp3) is 0.0500. The Kier molecular flexibility index (Phi) is 14.7. The number of pyridine rings is 4. The fourth-order valence-corrected chi connectivity index (χ4v) is 5.30. The number of halogens is 8. The number of nitrogens with zero attached hydrogens (tertiary/aromatic N) is 6. The van der Waals surface area contributed by atoms with Crippen LogP contribution in [0.3, 0.4) is 0 Å². The van der Waals surface area contributed by atoms with Crippen LogP contribution in [0.1, 0.15) is 22.3 Å². The van der Waals surface area contributed by atoms with Crippen molar-refractivity contribution in [1.29, 1.82) is 0 Å². The maximum atomic E-state index is 9.75. The van der Waals surface area contributed by atoms with Gasteiger partial charge in [-0.15, -0.1) is 0 Å². The molecule has 0 atom stereocenters. The summed E-state index contributed by atoms with van der Waals surface area (Å²) < 4.78 is 82.0. The second kappa shape index (κ2) is 20.3. The van der Waals surface area contributed by atoms with Crippen LogP contribution in [-0.4, -0.2) is 36.9 Å². The van der Waals surface area contributed by atoms with Gasteiger partial charge in [0.05, 0.1) is 18.1 Å². The van der Waals surface area contributed by atoms with Crippen LogP contribution < -0.4 is 19.8 Å². The molecular formula is C40H34B2F8N8. The van der Waals surface area contributed by atoms with E-state index in [2.05, 4.69) is 93.4 Å². The van der Waals surface area contributed by atoms with Crippen molar-refractivity contribution in [3.8, 4) is 0 Å². The van der Waals surface area contributed by atoms with E-state index in [9.17, 15) is 34.5 Å². The molecule has 296 valence electrons. The van der Waals surface area contributed by atoms with Gasteiger partial charge < -0.3 is 45.2 Å². The van der Waals surface area contributed by atoms with Crippen molar-refractivity contribution in [3.05, 3.63) is 181 Å². The molecule has 1 aliphatic rings. The van der Waals surface area contributed by atoms with E-state index < -0.39 is 14.5 Å². The second-order valence-electron chi connectivity index (χ2n) is 12.2. The van der Waals surface area contributed by atoms with Crippen LogP contribution in [0.15, 0.2) is 169 Å². The van der Waals surface area contributed by atoms with Gasteiger partial charge in [0.1, 0.15) is 18.1 Å². The van der Waals surface area contributed by atoms with Gasteiger partial charge in [0.25, 0.3) is 0 Å². The Hall–Kier alpha value is -6.97. The van der Waals surface area contributed by atoms with Crippen molar-refractivity contribution in [2.75, 3.05) is 10.6 Å². The van der Waals surface area contributed by atoms with Gasteiger partial charge >= 0.3 is 14.5 Å². The molecular weight excluding hydrogens is 766 g/mol. The average molecular weight is 800 g/mol. The highest BCUT2D eigenvalue weighted by atomic mass is 19.5. The van der Waals surface area contributed by atoms with Crippen molar-refractivity contribution in [2.24, 2.45) is 9.98 Å². The second-order valence-corrected chi connectivity index (χ2v) is 12.2. The van der Waals surface area contributed by atoms with Crippen molar-refractivity contribution in [1.82, 2.24) is 9.97 Å². The topological polar surface area (TPSA) is 82.3 Å². The Morgan fingerprint density at radius 1 is 0.466 bits per heavy atom. The van der Waals surface area contributed by atoms with Crippen LogP contribution in [0.2, 0.25) is 0 Å². The fourth-order valence-electron chi connectivity index (χ4n) is 5.30. The third-order valence-electron chi connectivity index (χ3n) is 7.86. The zero-order chi connectivity index (χ0) is 41.4. The number of nitrogens with one attached hydrogen (secondary N) is 2. The Morgan fingerprint density at radius 3 is 1.41 bits per heavy atom. The quantitative estimate of drug-likeness (QED) is 0.0999. The predicted molar refractivity (Wildman–Crippen MR) is 213 cm³/mol. The average Bonchev–Trinajstić information content (AvgIpc) is 3.19. The van der Waals surface area contributed by atoms with Gasteiger partial charge in [0, 0.05) is 36.7 Å². The van der Waals surface area contributed by atoms with Gasteiger partial charge in [-0.1, -0.05) is 60.7 Å². The van der Waals surface area contributed by atoms with Gasteiger partial charge in [0.2, 0.25) is 11.4 Å². The molecule has 1 aliphatic heterocycles. The molecule has 6 aromatic rings. The molecule has 58 heavy (non-hydrogen) atoms. The molecule has 4 aromatic heterocycles. The molecule has 0 saturated carbocycles. The highest BCUT2D eigenvalue weighted by Crippen LogP contribution is 2.24. The van der Waals surface area contributed by atoms with Gasteiger partial charge in [-0.25, -0.2) is 20.0 Å². The first-order chi connectivity index (χ1) is 27.8. The van der Waals surface area contributed by atoms with Gasteiger partial charge in [0.15, 0.2) is 36.4 Å². The number of allylic oxidation sites excluding steroid dienone is 2. The van der Waals surface area contributed by atoms with Crippen molar-refractivity contribution >= 4 is 61.3 Å². The third kappa shape index (κ3) is 14.9. The summed E-state index contributed by atoms with van der Waals surface area (Å²) in [6.07, 6.45) is 20.8. The zero-order valence-electron chi connectivity index (χ0n) is 30.4. The molecule has 0 spiro atoms. The molecule has 2 N–H and O–H groups in total. The highest BCUT2D eigenvalue weighted by molar-refractivity contribution is 6.50. The van der Waals surface area contributed by atoms with E-state index >= 15 is 0 Å². The minimum absolute atomic E-state index is 0.552. The molecule has 8 nitrogen and oxygen atoms in total. The van der Waals surface area contributed by atoms with E-state index in [0.29, 0.717) is 17.3 Å². The van der Waals surface area contributed by atoms with Crippen molar-refractivity contribution in [3.63, 3.8) is 0 Å². The monoisotopic (exact) mass is 800 g/mol. The molecule has 7 rings (SSSR count). The zero-order valence-corrected chi connectivity index (χ0v) is 30.4. The largest absolute Gasteiger partial charge is 0.673 e. The summed E-state index contributed by atoms with van der Waals surface area (Å²) in [7, 11) is -12.0. The van der Waals surface area contributed by atoms with E-state index in [0.717, 1.165) is 29.9 Å². The number of aromatic nitrogens is 4. The first-order valence-corrected chi connectivity index (χ1v) is 17.5. The van der Waals surface area contributed by atoms with Crippen LogP contribution in [0.4, 0.5) is 57.5 Å². The maximum absolute atomic E-state index is 9.75. The van der Waals surface area contributed by atoms with E-state index in [1.165, 1.54) is 22.3 Å². The molecule has 0 saturated heterocycles. The number of rotatable bonds is 6. The summed E-state index contributed by atoms with van der Waals surface area (Å²) in [6, 6.07) is 37.1. The van der Waals surface area contributed by atoms with Crippen molar-refractivity contribution < 1.29 is 43.7 Å². The standard InChI is InChI=1S/C40H34N8.2BF4/c1-3-9-31(10-4-1)25-33-15-21-47(22-16-33)35-27-43-37-13-7-19-41-39(37)45-29-36(30-46-40-38(44-28-35)14-8-20-42-40)48-23-17-34(18-24-48)26-32-11-5-2-6-12-32;2*2-1(3,4)5/h1-24,27-30,43H,25-26H2,(H,42,46);;/q+2;2*-1/b35-27+,36-30+,44-28?,45-29+;;. The van der Waals surface area contributed by atoms with Crippen LogP contribution in [0.5, 0.6) is 0 Å². The van der Waals surface area contributed by atoms with Gasteiger partial charge in [-0.3, -0.25) is 0 Å². The molecule has 5 heterocycles. The summed E-state index contributed by atoms with van der Waals surface area (Å²) in [6.45, 7) is 0. The van der Waals surface area contributed by atoms with E-state index in [4.69, 9.17) is 9.98 Å². The minimum Gasteiger partial charge on any atom is -0.418 e. The molecule has 18 heteroatoms. The van der Waals surface area contributed by atoms with Crippen LogP contribution in [-0.2, 0) is 12.8 Å². The Labute approximate surface area is 328 Å². The third-order valence-corrected chi connectivity index (χ3v) is 7.86. The van der Waals surface area contributed by atoms with Crippen LogP contribution in [0, 0.1) is 0 Å². The van der Waals surface area contributed by atoms with Gasteiger partial charge in [-0.05, 0) is 59.4 Å². The lowest BCUT2D eigenvalue weighted by molar-refractivity contribution is -0.576. The normalized spacial score (nSPS) is 15.0. The van der Waals surface area contributed by atoms with E-state index in [1.807, 2.05) is 88.9 Å². The summed E-state index contributed by atoms with van der Waals surface area (Å²) in [4.78, 5) is 18.8. The molecule has 0 radical (unpaired) electrons. The molecule has 0 fully saturated rings. The predicted octanol–water partition coefficient (Wildman–Crippen LogP) is 9.77. The number of fused-ring (bicyclic) bond motifs is 2. The molecule has 0 bridgehead atoms. The summed E-state index contributed by atoms with van der Waals surface area (Å²) in [5, 5.41) is 6.79. The minimum atomic E-state index is -6.00. The molecule has 2 aromatic carbocycles. The lowest BCUT2D eigenvalue weighted by atomic mass is 10.1. The molecule has 0 unspecified atom stereocenters. The summed E-state index contributed by atoms with van der Waals surface area (Å²) in [5.41, 5.74) is 8.03. The maximum Gasteiger partial charge on any atom is 0.673 e. The molecule has 0 aliphatic carbocycles. The Bertz CT molecular complexity index is 2160. The number of anilines is 2. The van der Waals surface area contributed by atoms with E-state index in [-0.39, 0.29) is 0 Å². The lowest BCUT2D eigenvalue weighted by Gasteiger charge is -2.07. The number of hydrogen-bond acceptors (Lipinski definition) is 6. The van der Waals surface area contributed by atoms with Gasteiger partial charge in [-0.2, -0.15) is 9.13 Å². The summed E-state index contributed by atoms with van der Waals surface area (Å²) >= 11 is 0. The Morgan fingerprint density at radius 2 is 0.897 bits per heavy atom. The molecule has 0 amide bonds. The van der Waals surface area contributed by atoms with Crippen LogP contribution >= 0.6 is 0 Å². The smallest absolute Gasteiger partial charge is 0.418 e. The van der Waals surface area contributed by atoms with E-state index in [1.54, 1.807) is 18.6 Å². The first kappa shape index (κ1) is 42.2. The number of hydrogen-bond donors (Lipinski definition) is 2. The first-order valence-electron chi connectivity index (χ1n) is 17.5. The highest BCUT2D eigenvalue weighted by Gasteiger charge is 2.21. The summed E-state index contributed by atoms with van der Waals surface area (Å²) in [5.74, 6) is 1.17.